The van der Waals surface area contributed by atoms with Crippen molar-refractivity contribution in [2.45, 2.75) is 13.3 Å². The maximum atomic E-state index is 12.2. The average Bonchev–Trinajstić information content (AvgIpc) is 2.53. The summed E-state index contributed by atoms with van der Waals surface area (Å²) in [6, 6.07) is 11.7. The predicted octanol–water partition coefficient (Wildman–Crippen LogP) is 2.36. The van der Waals surface area contributed by atoms with Crippen LogP contribution in [0.2, 0.25) is 0 Å². The van der Waals surface area contributed by atoms with Gasteiger partial charge in [0.1, 0.15) is 5.69 Å². The molecule has 0 bridgehead atoms. The number of hydrogen-bond acceptors (Lipinski definition) is 4. The summed E-state index contributed by atoms with van der Waals surface area (Å²) in [4.78, 5) is 20.6. The van der Waals surface area contributed by atoms with Gasteiger partial charge in [0.15, 0.2) is 0 Å². The van der Waals surface area contributed by atoms with Crippen LogP contribution in [0.3, 0.4) is 0 Å². The van der Waals surface area contributed by atoms with E-state index in [1.807, 2.05) is 37.3 Å². The summed E-state index contributed by atoms with van der Waals surface area (Å²) in [5, 5.41) is 5.87. The fourth-order valence-corrected chi connectivity index (χ4v) is 1.98. The Labute approximate surface area is 130 Å². The second-order valence-corrected chi connectivity index (χ2v) is 4.88. The number of aromatic nitrogens is 2. The SMILES string of the molecule is C=CCNc1nc(C)cc(C(=O)NCCc2ccccc2)n1. The highest BCUT2D eigenvalue weighted by molar-refractivity contribution is 5.92. The Kier molecular flexibility index (Phi) is 5.65. The molecule has 2 aromatic rings. The van der Waals surface area contributed by atoms with Crippen molar-refractivity contribution in [1.82, 2.24) is 15.3 Å². The third-order valence-corrected chi connectivity index (χ3v) is 3.03. The summed E-state index contributed by atoms with van der Waals surface area (Å²) in [7, 11) is 0. The lowest BCUT2D eigenvalue weighted by Gasteiger charge is -2.08. The van der Waals surface area contributed by atoms with Crippen LogP contribution in [0.4, 0.5) is 5.95 Å². The normalized spacial score (nSPS) is 10.0. The maximum absolute atomic E-state index is 12.2. The molecule has 0 saturated heterocycles. The minimum atomic E-state index is -0.192. The van der Waals surface area contributed by atoms with Gasteiger partial charge in [-0.25, -0.2) is 9.97 Å². The van der Waals surface area contributed by atoms with E-state index in [0.717, 1.165) is 12.1 Å². The lowest BCUT2D eigenvalue weighted by Crippen LogP contribution is -2.27. The van der Waals surface area contributed by atoms with Crippen LogP contribution in [0, 0.1) is 6.92 Å². The molecule has 0 aliphatic rings. The van der Waals surface area contributed by atoms with Gasteiger partial charge in [0.25, 0.3) is 5.91 Å². The Morgan fingerprint density at radius 2 is 2.05 bits per heavy atom. The van der Waals surface area contributed by atoms with Crippen LogP contribution in [0.1, 0.15) is 21.7 Å². The second kappa shape index (κ2) is 7.93. The molecule has 0 saturated carbocycles. The number of rotatable bonds is 7. The van der Waals surface area contributed by atoms with Crippen molar-refractivity contribution in [3.05, 3.63) is 66.0 Å². The zero-order valence-electron chi connectivity index (χ0n) is 12.7. The highest BCUT2D eigenvalue weighted by atomic mass is 16.1. The first-order chi connectivity index (χ1) is 10.7. The molecule has 0 atom stereocenters. The van der Waals surface area contributed by atoms with Crippen molar-refractivity contribution in [2.24, 2.45) is 0 Å². The molecular weight excluding hydrogens is 276 g/mol. The first-order valence-corrected chi connectivity index (χ1v) is 7.21. The number of hydrogen-bond donors (Lipinski definition) is 2. The van der Waals surface area contributed by atoms with Crippen LogP contribution in [-0.2, 0) is 6.42 Å². The molecule has 1 aromatic carbocycles. The summed E-state index contributed by atoms with van der Waals surface area (Å²) in [6.07, 6.45) is 2.50. The zero-order chi connectivity index (χ0) is 15.8. The highest BCUT2D eigenvalue weighted by Crippen LogP contribution is 2.05. The topological polar surface area (TPSA) is 66.9 Å². The Morgan fingerprint density at radius 1 is 1.27 bits per heavy atom. The van der Waals surface area contributed by atoms with E-state index >= 15 is 0 Å². The summed E-state index contributed by atoms with van der Waals surface area (Å²) >= 11 is 0. The number of aryl methyl sites for hydroxylation is 1. The molecule has 22 heavy (non-hydrogen) atoms. The molecule has 2 rings (SSSR count). The smallest absolute Gasteiger partial charge is 0.270 e. The molecule has 0 unspecified atom stereocenters. The summed E-state index contributed by atoms with van der Waals surface area (Å²) in [6.45, 7) is 6.59. The lowest BCUT2D eigenvalue weighted by atomic mass is 10.1. The number of carbonyl (C=O) groups excluding carboxylic acids is 1. The second-order valence-electron chi connectivity index (χ2n) is 4.88. The number of anilines is 1. The van der Waals surface area contributed by atoms with E-state index in [-0.39, 0.29) is 5.91 Å². The number of nitrogens with zero attached hydrogens (tertiary/aromatic N) is 2. The van der Waals surface area contributed by atoms with E-state index in [0.29, 0.717) is 24.7 Å². The van der Waals surface area contributed by atoms with Gasteiger partial charge in [0.05, 0.1) is 0 Å². The van der Waals surface area contributed by atoms with Crippen molar-refractivity contribution in [1.29, 1.82) is 0 Å². The van der Waals surface area contributed by atoms with Gasteiger partial charge in [-0.2, -0.15) is 0 Å². The first-order valence-electron chi connectivity index (χ1n) is 7.21. The third-order valence-electron chi connectivity index (χ3n) is 3.03. The molecule has 0 aliphatic carbocycles. The Bertz CT molecular complexity index is 640. The molecule has 1 heterocycles. The van der Waals surface area contributed by atoms with E-state index in [1.165, 1.54) is 5.56 Å². The van der Waals surface area contributed by atoms with Gasteiger partial charge in [-0.1, -0.05) is 36.4 Å². The Hall–Kier alpha value is -2.69. The Balaban J connectivity index is 1.94. The van der Waals surface area contributed by atoms with Crippen LogP contribution in [0.15, 0.2) is 49.1 Å². The van der Waals surface area contributed by atoms with Crippen molar-refractivity contribution < 1.29 is 4.79 Å². The van der Waals surface area contributed by atoms with Gasteiger partial charge in [0.2, 0.25) is 5.95 Å². The zero-order valence-corrected chi connectivity index (χ0v) is 12.7. The summed E-state index contributed by atoms with van der Waals surface area (Å²) in [5.41, 5.74) is 2.30. The van der Waals surface area contributed by atoms with Crippen molar-refractivity contribution >= 4 is 11.9 Å². The molecule has 5 nitrogen and oxygen atoms in total. The quantitative estimate of drug-likeness (QED) is 0.770. The van der Waals surface area contributed by atoms with E-state index in [1.54, 1.807) is 12.1 Å². The average molecular weight is 296 g/mol. The molecule has 5 heteroatoms. The van der Waals surface area contributed by atoms with Crippen LogP contribution in [0.25, 0.3) is 0 Å². The van der Waals surface area contributed by atoms with Gasteiger partial charge in [0, 0.05) is 18.8 Å². The number of carbonyl (C=O) groups is 1. The van der Waals surface area contributed by atoms with Gasteiger partial charge < -0.3 is 10.6 Å². The Morgan fingerprint density at radius 3 is 2.77 bits per heavy atom. The van der Waals surface area contributed by atoms with E-state index in [9.17, 15) is 4.79 Å². The lowest BCUT2D eigenvalue weighted by molar-refractivity contribution is 0.0949. The van der Waals surface area contributed by atoms with Crippen LogP contribution < -0.4 is 10.6 Å². The largest absolute Gasteiger partial charge is 0.351 e. The minimum absolute atomic E-state index is 0.192. The third kappa shape index (κ3) is 4.70. The first kappa shape index (κ1) is 15.7. The van der Waals surface area contributed by atoms with Crippen molar-refractivity contribution in [3.8, 4) is 0 Å². The van der Waals surface area contributed by atoms with Gasteiger partial charge >= 0.3 is 0 Å². The fourth-order valence-electron chi connectivity index (χ4n) is 1.98. The summed E-state index contributed by atoms with van der Waals surface area (Å²) in [5.74, 6) is 0.246. The summed E-state index contributed by atoms with van der Waals surface area (Å²) < 4.78 is 0. The van der Waals surface area contributed by atoms with E-state index in [4.69, 9.17) is 0 Å². The van der Waals surface area contributed by atoms with E-state index < -0.39 is 0 Å². The van der Waals surface area contributed by atoms with Gasteiger partial charge in [-0.3, -0.25) is 4.79 Å². The number of amides is 1. The molecule has 0 radical (unpaired) electrons. The molecule has 1 amide bonds. The van der Waals surface area contributed by atoms with Gasteiger partial charge in [-0.05, 0) is 25.0 Å². The van der Waals surface area contributed by atoms with Crippen LogP contribution in [0.5, 0.6) is 0 Å². The molecule has 1 aromatic heterocycles. The van der Waals surface area contributed by atoms with Crippen molar-refractivity contribution in [2.75, 3.05) is 18.4 Å². The van der Waals surface area contributed by atoms with Crippen LogP contribution in [-0.4, -0.2) is 29.0 Å². The van der Waals surface area contributed by atoms with Crippen molar-refractivity contribution in [3.63, 3.8) is 0 Å². The molecule has 0 spiro atoms. The van der Waals surface area contributed by atoms with E-state index in [2.05, 4.69) is 27.2 Å². The molecule has 0 aliphatic heterocycles. The standard InChI is InChI=1S/C17H20N4O/c1-3-10-19-17-20-13(2)12-15(21-17)16(22)18-11-9-14-7-5-4-6-8-14/h3-8,12H,1,9-11H2,2H3,(H,18,22)(H,19,20,21). The highest BCUT2D eigenvalue weighted by Gasteiger charge is 2.09. The van der Waals surface area contributed by atoms with Gasteiger partial charge in [-0.15, -0.1) is 6.58 Å². The number of nitrogens with one attached hydrogen (secondary N) is 2. The molecule has 114 valence electrons. The maximum Gasteiger partial charge on any atom is 0.270 e. The van der Waals surface area contributed by atoms with Crippen LogP contribution >= 0.6 is 0 Å². The fraction of sp³-hybridized carbons (Fsp3) is 0.235. The number of benzene rings is 1. The predicted molar refractivity (Wildman–Crippen MR) is 87.9 cm³/mol. The molecular formula is C17H20N4O. The molecule has 2 N–H and O–H groups in total. The minimum Gasteiger partial charge on any atom is -0.351 e. The molecule has 0 fully saturated rings. The monoisotopic (exact) mass is 296 g/mol.